The van der Waals surface area contributed by atoms with Gasteiger partial charge in [0, 0.05) is 17.3 Å². The van der Waals surface area contributed by atoms with Crippen LogP contribution in [0.5, 0.6) is 5.75 Å². The predicted octanol–water partition coefficient (Wildman–Crippen LogP) is 3.66. The summed E-state index contributed by atoms with van der Waals surface area (Å²) < 4.78 is 28.6. The number of hydrogen-bond donors (Lipinski definition) is 2. The molecular weight excluding hydrogens is 352 g/mol. The number of nitrogens with zero attached hydrogens (tertiary/aromatic N) is 2. The molecule has 0 saturated heterocycles. The van der Waals surface area contributed by atoms with Gasteiger partial charge in [0.25, 0.3) is 5.91 Å². The fraction of sp³-hybridized carbons (Fsp3) is 0.200. The van der Waals surface area contributed by atoms with Crippen molar-refractivity contribution in [3.05, 3.63) is 77.1 Å². The minimum Gasteiger partial charge on any atom is -0.507 e. The number of aromatic hydroxyl groups is 1. The minimum atomic E-state index is -0.672. The molecule has 1 atom stereocenters. The average molecular weight is 369 g/mol. The summed E-state index contributed by atoms with van der Waals surface area (Å²) in [6.07, 6.45) is 3.82. The van der Waals surface area contributed by atoms with E-state index >= 15 is 0 Å². The van der Waals surface area contributed by atoms with E-state index in [1.165, 1.54) is 22.9 Å². The van der Waals surface area contributed by atoms with Gasteiger partial charge in [0.05, 0.1) is 23.5 Å². The molecule has 0 unspecified atom stereocenters. The molecule has 2 N–H and O–H groups in total. The molecule has 1 aliphatic carbocycles. The second kappa shape index (κ2) is 6.83. The van der Waals surface area contributed by atoms with Crippen molar-refractivity contribution >= 4 is 5.91 Å². The van der Waals surface area contributed by atoms with Crippen LogP contribution in [0, 0.1) is 11.6 Å². The Kier molecular flexibility index (Phi) is 4.35. The monoisotopic (exact) mass is 369 g/mol. The largest absolute Gasteiger partial charge is 0.507 e. The van der Waals surface area contributed by atoms with E-state index in [0.29, 0.717) is 12.1 Å². The molecule has 0 aliphatic heterocycles. The van der Waals surface area contributed by atoms with Crippen LogP contribution in [0.25, 0.3) is 5.69 Å². The van der Waals surface area contributed by atoms with Crippen LogP contribution < -0.4 is 5.32 Å². The second-order valence-corrected chi connectivity index (χ2v) is 6.52. The number of phenolic OH excluding ortho intramolecular Hbond substituents is 1. The Hall–Kier alpha value is -3.22. The lowest BCUT2D eigenvalue weighted by atomic mass is 9.92. The summed E-state index contributed by atoms with van der Waals surface area (Å²) >= 11 is 0. The topological polar surface area (TPSA) is 67.2 Å². The Morgan fingerprint density at radius 2 is 1.93 bits per heavy atom. The van der Waals surface area contributed by atoms with Crippen LogP contribution in [0.4, 0.5) is 8.78 Å². The van der Waals surface area contributed by atoms with Crippen LogP contribution in [0.3, 0.4) is 0 Å². The van der Waals surface area contributed by atoms with E-state index in [1.807, 2.05) is 0 Å². The van der Waals surface area contributed by atoms with Crippen LogP contribution >= 0.6 is 0 Å². The van der Waals surface area contributed by atoms with Crippen LogP contribution in [0.1, 0.15) is 40.5 Å². The van der Waals surface area contributed by atoms with Gasteiger partial charge in [-0.3, -0.25) is 4.79 Å². The lowest BCUT2D eigenvalue weighted by molar-refractivity contribution is 0.0930. The fourth-order valence-electron chi connectivity index (χ4n) is 3.49. The maximum Gasteiger partial charge on any atom is 0.255 e. The number of phenols is 1. The van der Waals surface area contributed by atoms with E-state index in [2.05, 4.69) is 10.4 Å². The maximum absolute atomic E-state index is 13.6. The molecule has 0 spiro atoms. The van der Waals surface area contributed by atoms with E-state index in [4.69, 9.17) is 0 Å². The molecule has 0 bridgehead atoms. The van der Waals surface area contributed by atoms with Gasteiger partial charge in [-0.2, -0.15) is 5.10 Å². The summed E-state index contributed by atoms with van der Waals surface area (Å²) in [4.78, 5) is 12.5. The average Bonchev–Trinajstić information content (AvgIpc) is 3.06. The van der Waals surface area contributed by atoms with E-state index < -0.39 is 11.6 Å². The molecular formula is C20H17F2N3O2. The Labute approximate surface area is 154 Å². The van der Waals surface area contributed by atoms with Gasteiger partial charge in [-0.15, -0.1) is 0 Å². The molecule has 1 heterocycles. The van der Waals surface area contributed by atoms with Crippen molar-refractivity contribution in [1.82, 2.24) is 15.1 Å². The van der Waals surface area contributed by atoms with Gasteiger partial charge in [0.2, 0.25) is 0 Å². The smallest absolute Gasteiger partial charge is 0.255 e. The summed E-state index contributed by atoms with van der Waals surface area (Å²) in [6, 6.07) is 9.30. The standard InChI is InChI=1S/C20H17F2N3O2/c21-12-8-13(22)10-14(9-12)25-18-6-3-5-17(16(18)11-23-25)24-20(27)15-4-1-2-7-19(15)26/h1-2,4,7-11,17,26H,3,5-6H2,(H,24,27)/t17-/m0/s1. The van der Waals surface area contributed by atoms with Crippen molar-refractivity contribution in [2.24, 2.45) is 0 Å². The number of carbonyl (C=O) groups is 1. The molecule has 0 saturated carbocycles. The van der Waals surface area contributed by atoms with Gasteiger partial charge in [-0.25, -0.2) is 13.5 Å². The summed E-state index contributed by atoms with van der Waals surface area (Å²) in [5.41, 5.74) is 2.13. The molecule has 0 fully saturated rings. The van der Waals surface area contributed by atoms with Crippen molar-refractivity contribution in [2.75, 3.05) is 0 Å². The Bertz CT molecular complexity index is 996. The van der Waals surface area contributed by atoms with Crippen molar-refractivity contribution in [3.63, 3.8) is 0 Å². The molecule has 5 nitrogen and oxygen atoms in total. The summed E-state index contributed by atoms with van der Waals surface area (Å²) in [5.74, 6) is -1.81. The first-order valence-electron chi connectivity index (χ1n) is 8.65. The summed E-state index contributed by atoms with van der Waals surface area (Å²) in [5, 5.41) is 17.1. The molecule has 2 aromatic carbocycles. The normalized spacial score (nSPS) is 16.0. The van der Waals surface area contributed by atoms with Crippen LogP contribution in [0.2, 0.25) is 0 Å². The van der Waals surface area contributed by atoms with Crippen molar-refractivity contribution < 1.29 is 18.7 Å². The van der Waals surface area contributed by atoms with Crippen molar-refractivity contribution in [2.45, 2.75) is 25.3 Å². The number of carbonyl (C=O) groups excluding carboxylic acids is 1. The highest BCUT2D eigenvalue weighted by Gasteiger charge is 2.27. The number of benzene rings is 2. The third kappa shape index (κ3) is 3.28. The number of rotatable bonds is 3. The lowest BCUT2D eigenvalue weighted by Gasteiger charge is -2.24. The van der Waals surface area contributed by atoms with E-state index in [0.717, 1.165) is 30.2 Å². The molecule has 0 radical (unpaired) electrons. The highest BCUT2D eigenvalue weighted by atomic mass is 19.1. The van der Waals surface area contributed by atoms with Crippen LogP contribution in [-0.2, 0) is 6.42 Å². The summed E-state index contributed by atoms with van der Waals surface area (Å²) in [7, 11) is 0. The Morgan fingerprint density at radius 1 is 1.19 bits per heavy atom. The summed E-state index contributed by atoms with van der Waals surface area (Å²) in [6.45, 7) is 0. The maximum atomic E-state index is 13.6. The fourth-order valence-corrected chi connectivity index (χ4v) is 3.49. The molecule has 1 aliphatic rings. The van der Waals surface area contributed by atoms with Crippen molar-refractivity contribution in [3.8, 4) is 11.4 Å². The number of hydrogen-bond acceptors (Lipinski definition) is 3. The Morgan fingerprint density at radius 3 is 2.67 bits per heavy atom. The number of halogens is 2. The highest BCUT2D eigenvalue weighted by Crippen LogP contribution is 2.32. The minimum absolute atomic E-state index is 0.0861. The molecule has 1 aromatic heterocycles. The molecule has 4 rings (SSSR count). The molecule has 7 heteroatoms. The zero-order valence-corrected chi connectivity index (χ0v) is 14.3. The van der Waals surface area contributed by atoms with E-state index in [-0.39, 0.29) is 23.3 Å². The quantitative estimate of drug-likeness (QED) is 0.740. The number of amides is 1. The Balaban J connectivity index is 1.64. The first-order chi connectivity index (χ1) is 13.0. The van der Waals surface area contributed by atoms with Gasteiger partial charge < -0.3 is 10.4 Å². The number of fused-ring (bicyclic) bond motifs is 1. The number of nitrogens with one attached hydrogen (secondary N) is 1. The zero-order chi connectivity index (χ0) is 19.0. The predicted molar refractivity (Wildman–Crippen MR) is 94.7 cm³/mol. The van der Waals surface area contributed by atoms with E-state index in [1.54, 1.807) is 24.4 Å². The van der Waals surface area contributed by atoms with Gasteiger partial charge in [0.1, 0.15) is 17.4 Å². The van der Waals surface area contributed by atoms with E-state index in [9.17, 15) is 18.7 Å². The molecule has 3 aromatic rings. The van der Waals surface area contributed by atoms with Crippen LogP contribution in [-0.4, -0.2) is 20.8 Å². The van der Waals surface area contributed by atoms with Gasteiger partial charge >= 0.3 is 0 Å². The lowest BCUT2D eigenvalue weighted by Crippen LogP contribution is -2.31. The third-order valence-electron chi connectivity index (χ3n) is 4.73. The molecule has 1 amide bonds. The first kappa shape index (κ1) is 17.2. The van der Waals surface area contributed by atoms with Gasteiger partial charge in [-0.1, -0.05) is 12.1 Å². The molecule has 27 heavy (non-hydrogen) atoms. The zero-order valence-electron chi connectivity index (χ0n) is 14.3. The SMILES string of the molecule is O=C(N[C@H]1CCCc2c1cnn2-c1cc(F)cc(F)c1)c1ccccc1O. The van der Waals surface area contributed by atoms with Crippen molar-refractivity contribution in [1.29, 1.82) is 0 Å². The second-order valence-electron chi connectivity index (χ2n) is 6.52. The first-order valence-corrected chi connectivity index (χ1v) is 8.65. The highest BCUT2D eigenvalue weighted by molar-refractivity contribution is 5.97. The van der Waals surface area contributed by atoms with Gasteiger partial charge in [-0.05, 0) is 43.5 Å². The van der Waals surface area contributed by atoms with Crippen LogP contribution in [0.15, 0.2) is 48.7 Å². The van der Waals surface area contributed by atoms with Gasteiger partial charge in [0.15, 0.2) is 0 Å². The molecule has 138 valence electrons. The number of para-hydroxylation sites is 1. The third-order valence-corrected chi connectivity index (χ3v) is 4.73. The number of aromatic nitrogens is 2.